The minimum atomic E-state index is -3.11. The van der Waals surface area contributed by atoms with Crippen molar-refractivity contribution in [3.63, 3.8) is 0 Å². The van der Waals surface area contributed by atoms with Crippen LogP contribution in [0.4, 0.5) is 5.69 Å². The summed E-state index contributed by atoms with van der Waals surface area (Å²) in [6, 6.07) is 8.71. The molecule has 19 heavy (non-hydrogen) atoms. The van der Waals surface area contributed by atoms with Gasteiger partial charge in [0.15, 0.2) is 9.84 Å². The molecule has 102 valence electrons. The minimum Gasteiger partial charge on any atom is -0.383 e. The molecule has 5 nitrogen and oxygen atoms in total. The Morgan fingerprint density at radius 3 is 2.58 bits per heavy atom. The molecular weight excluding hydrogens is 262 g/mol. The molecule has 0 aliphatic heterocycles. The highest BCUT2D eigenvalue weighted by Crippen LogP contribution is 2.15. The number of hydrogen-bond donors (Lipinski definition) is 1. The zero-order valence-electron chi connectivity index (χ0n) is 10.8. The summed E-state index contributed by atoms with van der Waals surface area (Å²) in [5.41, 5.74) is 0.905. The third kappa shape index (κ3) is 3.57. The fraction of sp³-hybridized carbons (Fsp3) is 0.308. The van der Waals surface area contributed by atoms with Crippen LogP contribution >= 0.6 is 0 Å². The van der Waals surface area contributed by atoms with Gasteiger partial charge in [0.2, 0.25) is 0 Å². The molecule has 0 saturated carbocycles. The molecule has 0 aliphatic rings. The molecule has 1 aromatic carbocycles. The first kappa shape index (κ1) is 13.6. The average Bonchev–Trinajstić information content (AvgIpc) is 2.92. The fourth-order valence-corrected chi connectivity index (χ4v) is 2.58. The van der Waals surface area contributed by atoms with E-state index in [4.69, 9.17) is 0 Å². The number of nitrogens with zero attached hydrogens (tertiary/aromatic N) is 2. The van der Waals surface area contributed by atoms with Crippen molar-refractivity contribution < 1.29 is 8.42 Å². The van der Waals surface area contributed by atoms with Crippen molar-refractivity contribution in [1.82, 2.24) is 9.78 Å². The second-order valence-electron chi connectivity index (χ2n) is 4.12. The molecule has 1 aromatic heterocycles. The third-order valence-corrected chi connectivity index (χ3v) is 4.57. The van der Waals surface area contributed by atoms with Gasteiger partial charge in [-0.05, 0) is 30.3 Å². The summed E-state index contributed by atoms with van der Waals surface area (Å²) in [6.45, 7) is 3.15. The topological polar surface area (TPSA) is 64.0 Å². The van der Waals surface area contributed by atoms with Crippen LogP contribution in [0.2, 0.25) is 0 Å². The van der Waals surface area contributed by atoms with E-state index >= 15 is 0 Å². The van der Waals surface area contributed by atoms with Crippen molar-refractivity contribution in [2.75, 3.05) is 17.6 Å². The van der Waals surface area contributed by atoms with Crippen molar-refractivity contribution in [3.05, 3.63) is 42.7 Å². The number of hydrogen-bond acceptors (Lipinski definition) is 4. The summed E-state index contributed by atoms with van der Waals surface area (Å²) in [6.07, 6.45) is 3.64. The molecule has 0 radical (unpaired) electrons. The molecule has 2 aromatic rings. The van der Waals surface area contributed by atoms with Crippen LogP contribution in [0.15, 0.2) is 47.6 Å². The first-order valence-electron chi connectivity index (χ1n) is 6.16. The monoisotopic (exact) mass is 279 g/mol. The molecule has 0 saturated heterocycles. The standard InChI is InChI=1S/C13H17N3O2S/c1-2-19(17,18)13-6-4-12(5-7-13)14-9-11-16-10-3-8-15-16/h3-8,10,14H,2,9,11H2,1H3. The third-order valence-electron chi connectivity index (χ3n) is 2.82. The van der Waals surface area contributed by atoms with E-state index in [2.05, 4.69) is 10.4 Å². The van der Waals surface area contributed by atoms with Crippen molar-refractivity contribution in [3.8, 4) is 0 Å². The Morgan fingerprint density at radius 2 is 2.00 bits per heavy atom. The largest absolute Gasteiger partial charge is 0.383 e. The van der Waals surface area contributed by atoms with E-state index in [1.165, 1.54) is 0 Å². The van der Waals surface area contributed by atoms with E-state index in [0.29, 0.717) is 4.90 Å². The minimum absolute atomic E-state index is 0.124. The Labute approximate surface area is 113 Å². The van der Waals surface area contributed by atoms with Crippen LogP contribution in [-0.2, 0) is 16.4 Å². The fourth-order valence-electron chi connectivity index (χ4n) is 1.69. The van der Waals surface area contributed by atoms with Gasteiger partial charge >= 0.3 is 0 Å². The van der Waals surface area contributed by atoms with E-state index in [0.717, 1.165) is 18.8 Å². The molecule has 1 N–H and O–H groups in total. The van der Waals surface area contributed by atoms with E-state index < -0.39 is 9.84 Å². The Bertz CT molecular complexity index is 604. The summed E-state index contributed by atoms with van der Waals surface area (Å²) in [5.74, 6) is 0.124. The maximum Gasteiger partial charge on any atom is 0.178 e. The van der Waals surface area contributed by atoms with Crippen LogP contribution in [0.25, 0.3) is 0 Å². The van der Waals surface area contributed by atoms with Gasteiger partial charge in [-0.3, -0.25) is 4.68 Å². The highest BCUT2D eigenvalue weighted by molar-refractivity contribution is 7.91. The lowest BCUT2D eigenvalue weighted by atomic mass is 10.3. The van der Waals surface area contributed by atoms with Gasteiger partial charge in [-0.1, -0.05) is 6.92 Å². The Kier molecular flexibility index (Phi) is 4.21. The highest BCUT2D eigenvalue weighted by atomic mass is 32.2. The van der Waals surface area contributed by atoms with Crippen molar-refractivity contribution in [2.45, 2.75) is 18.4 Å². The quantitative estimate of drug-likeness (QED) is 0.875. The predicted octanol–water partition coefficient (Wildman–Crippen LogP) is 1.79. The first-order valence-corrected chi connectivity index (χ1v) is 7.81. The van der Waals surface area contributed by atoms with E-state index in [9.17, 15) is 8.42 Å². The van der Waals surface area contributed by atoms with Gasteiger partial charge in [-0.15, -0.1) is 0 Å². The molecule has 0 bridgehead atoms. The highest BCUT2D eigenvalue weighted by Gasteiger charge is 2.10. The first-order chi connectivity index (χ1) is 9.12. The smallest absolute Gasteiger partial charge is 0.178 e. The van der Waals surface area contributed by atoms with Crippen molar-refractivity contribution in [2.24, 2.45) is 0 Å². The second-order valence-corrected chi connectivity index (χ2v) is 6.40. The van der Waals surface area contributed by atoms with E-state index in [1.807, 2.05) is 16.9 Å². The van der Waals surface area contributed by atoms with Gasteiger partial charge in [-0.2, -0.15) is 5.10 Å². The Hall–Kier alpha value is -1.82. The number of aromatic nitrogens is 2. The van der Waals surface area contributed by atoms with E-state index in [1.54, 1.807) is 37.4 Å². The van der Waals surface area contributed by atoms with Gasteiger partial charge in [0.05, 0.1) is 17.2 Å². The summed E-state index contributed by atoms with van der Waals surface area (Å²) >= 11 is 0. The number of rotatable bonds is 6. The van der Waals surface area contributed by atoms with Crippen LogP contribution < -0.4 is 5.32 Å². The molecule has 1 heterocycles. The van der Waals surface area contributed by atoms with Crippen molar-refractivity contribution in [1.29, 1.82) is 0 Å². The number of sulfone groups is 1. The lowest BCUT2D eigenvalue weighted by Gasteiger charge is -2.07. The second kappa shape index (κ2) is 5.88. The lowest BCUT2D eigenvalue weighted by molar-refractivity contribution is 0.597. The predicted molar refractivity (Wildman–Crippen MR) is 74.9 cm³/mol. The number of anilines is 1. The lowest BCUT2D eigenvalue weighted by Crippen LogP contribution is -2.11. The molecule has 6 heteroatoms. The average molecular weight is 279 g/mol. The van der Waals surface area contributed by atoms with Crippen LogP contribution in [0.3, 0.4) is 0 Å². The summed E-state index contributed by atoms with van der Waals surface area (Å²) in [4.78, 5) is 0.368. The molecule has 2 rings (SSSR count). The molecular formula is C13H17N3O2S. The molecule has 0 atom stereocenters. The van der Waals surface area contributed by atoms with Crippen LogP contribution in [0.5, 0.6) is 0 Å². The molecule has 0 spiro atoms. The molecule has 0 fully saturated rings. The maximum atomic E-state index is 11.6. The summed E-state index contributed by atoms with van der Waals surface area (Å²) in [5, 5.41) is 7.33. The van der Waals surface area contributed by atoms with Gasteiger partial charge in [-0.25, -0.2) is 8.42 Å². The number of nitrogens with one attached hydrogen (secondary N) is 1. The van der Waals surface area contributed by atoms with Gasteiger partial charge in [0.1, 0.15) is 0 Å². The molecule has 0 aliphatic carbocycles. The van der Waals surface area contributed by atoms with Crippen LogP contribution in [0.1, 0.15) is 6.92 Å². The van der Waals surface area contributed by atoms with E-state index in [-0.39, 0.29) is 5.75 Å². The SMILES string of the molecule is CCS(=O)(=O)c1ccc(NCCn2cccn2)cc1. The zero-order valence-corrected chi connectivity index (χ0v) is 11.6. The van der Waals surface area contributed by atoms with Crippen molar-refractivity contribution >= 4 is 15.5 Å². The normalized spacial score (nSPS) is 11.4. The maximum absolute atomic E-state index is 11.6. The Balaban J connectivity index is 1.92. The summed E-state index contributed by atoms with van der Waals surface area (Å²) in [7, 11) is -3.11. The van der Waals surface area contributed by atoms with Crippen LogP contribution in [0, 0.1) is 0 Å². The number of benzene rings is 1. The Morgan fingerprint density at radius 1 is 1.26 bits per heavy atom. The molecule has 0 amide bonds. The van der Waals surface area contributed by atoms with Gasteiger partial charge in [0, 0.05) is 24.6 Å². The van der Waals surface area contributed by atoms with Crippen LogP contribution in [-0.4, -0.2) is 30.5 Å². The van der Waals surface area contributed by atoms with Gasteiger partial charge < -0.3 is 5.32 Å². The van der Waals surface area contributed by atoms with Gasteiger partial charge in [0.25, 0.3) is 0 Å². The molecule has 0 unspecified atom stereocenters. The zero-order chi connectivity index (χ0) is 13.7. The summed E-state index contributed by atoms with van der Waals surface area (Å²) < 4.78 is 25.1.